The molecule has 0 saturated carbocycles. The lowest BCUT2D eigenvalue weighted by molar-refractivity contribution is 0.214. The van der Waals surface area contributed by atoms with Crippen molar-refractivity contribution in [1.82, 2.24) is 4.98 Å². The maximum Gasteiger partial charge on any atom is 0.417 e. The monoisotopic (exact) mass is 348 g/mol. The average Bonchev–Trinajstić information content (AvgIpc) is 2.64. The van der Waals surface area contributed by atoms with Crippen molar-refractivity contribution in [3.8, 4) is 17.2 Å². The van der Waals surface area contributed by atoms with Gasteiger partial charge in [-0.3, -0.25) is 10.3 Å². The van der Waals surface area contributed by atoms with E-state index in [1.54, 1.807) is 48.8 Å². The quantitative estimate of drug-likeness (QED) is 0.651. The highest BCUT2D eigenvalue weighted by atomic mass is 16.6. The van der Waals surface area contributed by atoms with Gasteiger partial charge in [-0.05, 0) is 53.9 Å². The Morgan fingerprint density at radius 1 is 0.962 bits per heavy atom. The molecule has 2 aromatic carbocycles. The van der Waals surface area contributed by atoms with Gasteiger partial charge in [-0.15, -0.1) is 0 Å². The molecule has 0 saturated heterocycles. The number of anilines is 1. The summed E-state index contributed by atoms with van der Waals surface area (Å²) in [6.45, 7) is 4.11. The Bertz CT molecular complexity index is 862. The van der Waals surface area contributed by atoms with Gasteiger partial charge in [0.2, 0.25) is 0 Å². The average molecular weight is 348 g/mol. The lowest BCUT2D eigenvalue weighted by Gasteiger charge is -2.13. The zero-order valence-corrected chi connectivity index (χ0v) is 14.7. The van der Waals surface area contributed by atoms with Crippen LogP contribution in [0.3, 0.4) is 0 Å². The van der Waals surface area contributed by atoms with Crippen LogP contribution in [-0.2, 0) is 0 Å². The molecule has 0 radical (unpaired) electrons. The number of carbonyl (C=O) groups excluding carboxylic acids is 1. The van der Waals surface area contributed by atoms with Gasteiger partial charge in [-0.1, -0.05) is 32.0 Å². The predicted molar refractivity (Wildman–Crippen MR) is 101 cm³/mol. The first-order valence-electron chi connectivity index (χ1n) is 8.37. The number of carbonyl (C=O) groups is 1. The van der Waals surface area contributed by atoms with Crippen molar-refractivity contribution in [2.75, 3.05) is 5.32 Å². The van der Waals surface area contributed by atoms with Crippen molar-refractivity contribution < 1.29 is 14.3 Å². The molecule has 1 amide bonds. The van der Waals surface area contributed by atoms with Gasteiger partial charge in [0.05, 0.1) is 6.20 Å². The van der Waals surface area contributed by atoms with Crippen LogP contribution < -0.4 is 14.8 Å². The van der Waals surface area contributed by atoms with E-state index in [9.17, 15) is 4.79 Å². The third-order valence-corrected chi connectivity index (χ3v) is 3.71. The number of pyridine rings is 1. The van der Waals surface area contributed by atoms with E-state index in [1.807, 2.05) is 24.3 Å². The molecular formula is C21H20N2O3. The maximum atomic E-state index is 12.2. The first kappa shape index (κ1) is 17.5. The molecule has 5 nitrogen and oxygen atoms in total. The van der Waals surface area contributed by atoms with Gasteiger partial charge in [0.25, 0.3) is 0 Å². The van der Waals surface area contributed by atoms with Crippen molar-refractivity contribution in [2.24, 2.45) is 0 Å². The van der Waals surface area contributed by atoms with Gasteiger partial charge in [-0.25, -0.2) is 4.79 Å². The number of hydrogen-bond acceptors (Lipinski definition) is 4. The number of nitrogens with one attached hydrogen (secondary N) is 1. The van der Waals surface area contributed by atoms with Gasteiger partial charge < -0.3 is 9.47 Å². The summed E-state index contributed by atoms with van der Waals surface area (Å²) in [4.78, 5) is 16.2. The second-order valence-electron chi connectivity index (χ2n) is 6.02. The van der Waals surface area contributed by atoms with Crippen LogP contribution in [0.4, 0.5) is 10.5 Å². The summed E-state index contributed by atoms with van der Waals surface area (Å²) in [5.74, 6) is 2.14. The van der Waals surface area contributed by atoms with Crippen molar-refractivity contribution >= 4 is 11.8 Å². The van der Waals surface area contributed by atoms with E-state index in [2.05, 4.69) is 24.1 Å². The number of para-hydroxylation sites is 1. The molecule has 0 bridgehead atoms. The number of benzene rings is 2. The van der Waals surface area contributed by atoms with Crippen LogP contribution in [0.5, 0.6) is 17.2 Å². The number of ether oxygens (including phenoxy) is 2. The van der Waals surface area contributed by atoms with E-state index in [1.165, 1.54) is 0 Å². The molecule has 0 unspecified atom stereocenters. The zero-order chi connectivity index (χ0) is 18.4. The summed E-state index contributed by atoms with van der Waals surface area (Å²) < 4.78 is 11.1. The molecule has 1 heterocycles. The Hall–Kier alpha value is -3.34. The molecule has 132 valence electrons. The minimum Gasteiger partial charge on any atom is -0.456 e. The minimum absolute atomic E-state index is 0.267. The molecule has 0 atom stereocenters. The smallest absolute Gasteiger partial charge is 0.417 e. The van der Waals surface area contributed by atoms with Crippen LogP contribution in [-0.4, -0.2) is 11.1 Å². The summed E-state index contributed by atoms with van der Waals surface area (Å²) in [6.07, 6.45) is 2.79. The van der Waals surface area contributed by atoms with Crippen LogP contribution in [0.2, 0.25) is 0 Å². The molecular weight excluding hydrogens is 328 g/mol. The molecule has 0 aliphatic carbocycles. The highest BCUT2D eigenvalue weighted by Crippen LogP contribution is 2.26. The van der Waals surface area contributed by atoms with Gasteiger partial charge in [-0.2, -0.15) is 0 Å². The first-order chi connectivity index (χ1) is 12.6. The Balaban J connectivity index is 1.61. The number of amides is 1. The van der Waals surface area contributed by atoms with Gasteiger partial charge in [0.15, 0.2) is 0 Å². The number of nitrogens with zero attached hydrogens (tertiary/aromatic N) is 1. The van der Waals surface area contributed by atoms with E-state index in [-0.39, 0.29) is 5.92 Å². The Morgan fingerprint density at radius 2 is 1.73 bits per heavy atom. The molecule has 0 fully saturated rings. The van der Waals surface area contributed by atoms with Crippen molar-refractivity contribution in [3.05, 3.63) is 78.6 Å². The van der Waals surface area contributed by atoms with Crippen LogP contribution in [0.25, 0.3) is 0 Å². The minimum atomic E-state index is -0.529. The van der Waals surface area contributed by atoms with E-state index in [4.69, 9.17) is 9.47 Å². The van der Waals surface area contributed by atoms with Crippen molar-refractivity contribution in [1.29, 1.82) is 0 Å². The number of hydrogen-bond donors (Lipinski definition) is 1. The fourth-order valence-electron chi connectivity index (χ4n) is 2.44. The van der Waals surface area contributed by atoms with Gasteiger partial charge >= 0.3 is 6.09 Å². The Kier molecular flexibility index (Phi) is 5.49. The zero-order valence-electron chi connectivity index (χ0n) is 14.7. The molecule has 0 spiro atoms. The fourth-order valence-corrected chi connectivity index (χ4v) is 2.44. The predicted octanol–water partition coefficient (Wildman–Crippen LogP) is 5.61. The van der Waals surface area contributed by atoms with Crippen LogP contribution in [0.1, 0.15) is 25.3 Å². The molecule has 26 heavy (non-hydrogen) atoms. The lowest BCUT2D eigenvalue weighted by atomic mass is 10.0. The molecule has 3 rings (SSSR count). The van der Waals surface area contributed by atoms with E-state index < -0.39 is 6.09 Å². The maximum absolute atomic E-state index is 12.2. The highest BCUT2D eigenvalue weighted by Gasteiger charge is 2.11. The Morgan fingerprint density at radius 3 is 2.42 bits per heavy atom. The first-order valence-corrected chi connectivity index (χ1v) is 8.37. The second-order valence-corrected chi connectivity index (χ2v) is 6.02. The Labute approximate surface area is 152 Å². The van der Waals surface area contributed by atoms with Crippen LogP contribution in [0.15, 0.2) is 73.1 Å². The number of aromatic nitrogens is 1. The standard InChI is InChI=1S/C21H20N2O3/c1-15(2)19-7-3-4-8-20(19)26-21(24)23-16-9-11-17(12-10-16)25-18-6-5-13-22-14-18/h3-15H,1-2H3,(H,23,24). The SMILES string of the molecule is CC(C)c1ccccc1OC(=O)Nc1ccc(Oc2cccnc2)cc1. The third kappa shape index (κ3) is 4.60. The van der Waals surface area contributed by atoms with Gasteiger partial charge in [0, 0.05) is 11.9 Å². The van der Waals surface area contributed by atoms with Crippen molar-refractivity contribution in [3.63, 3.8) is 0 Å². The lowest BCUT2D eigenvalue weighted by Crippen LogP contribution is -2.17. The van der Waals surface area contributed by atoms with Crippen LogP contribution >= 0.6 is 0 Å². The summed E-state index contributed by atoms with van der Waals surface area (Å²) >= 11 is 0. The number of rotatable bonds is 5. The molecule has 0 aliphatic heterocycles. The third-order valence-electron chi connectivity index (χ3n) is 3.71. The molecule has 0 aliphatic rings. The largest absolute Gasteiger partial charge is 0.456 e. The van der Waals surface area contributed by atoms with Crippen molar-refractivity contribution in [2.45, 2.75) is 19.8 Å². The molecule has 3 aromatic rings. The molecule has 1 N–H and O–H groups in total. The second kappa shape index (κ2) is 8.16. The topological polar surface area (TPSA) is 60.5 Å². The normalized spacial score (nSPS) is 10.4. The molecule has 1 aromatic heterocycles. The fraction of sp³-hybridized carbons (Fsp3) is 0.143. The van der Waals surface area contributed by atoms with Gasteiger partial charge in [0.1, 0.15) is 17.2 Å². The summed E-state index contributed by atoms with van der Waals surface area (Å²) in [5.41, 5.74) is 1.61. The highest BCUT2D eigenvalue weighted by molar-refractivity contribution is 5.86. The summed E-state index contributed by atoms with van der Waals surface area (Å²) in [6, 6.07) is 18.2. The molecule has 5 heteroatoms. The summed E-state index contributed by atoms with van der Waals surface area (Å²) in [5, 5.41) is 2.72. The van der Waals surface area contributed by atoms with E-state index in [0.717, 1.165) is 5.56 Å². The van der Waals surface area contributed by atoms with Crippen LogP contribution in [0, 0.1) is 0 Å². The van der Waals surface area contributed by atoms with E-state index >= 15 is 0 Å². The van der Waals surface area contributed by atoms with E-state index in [0.29, 0.717) is 22.9 Å². The summed E-state index contributed by atoms with van der Waals surface area (Å²) in [7, 11) is 0.